The Hall–Kier alpha value is 0.100. The van der Waals surface area contributed by atoms with Gasteiger partial charge in [-0.2, -0.15) is 0 Å². The maximum absolute atomic E-state index is 10.4. The van der Waals surface area contributed by atoms with Crippen LogP contribution in [0, 0.1) is 0 Å². The van der Waals surface area contributed by atoms with Crippen molar-refractivity contribution in [3.63, 3.8) is 0 Å². The second-order valence-corrected chi connectivity index (χ2v) is 12.4. The summed E-state index contributed by atoms with van der Waals surface area (Å²) < 4.78 is 7.34. The van der Waals surface area contributed by atoms with Gasteiger partial charge in [-0.25, -0.2) is 0 Å². The van der Waals surface area contributed by atoms with Crippen LogP contribution in [0.5, 0.6) is 0 Å². The van der Waals surface area contributed by atoms with Gasteiger partial charge in [-0.3, -0.25) is 0 Å². The molecule has 1 heterocycles. The summed E-state index contributed by atoms with van der Waals surface area (Å²) in [4.78, 5) is 13.0. The van der Waals surface area contributed by atoms with E-state index in [1.54, 1.807) is 4.18 Å². The molecule has 1 amide bonds. The van der Waals surface area contributed by atoms with Crippen LogP contribution < -0.4 is 5.73 Å². The molecule has 1 unspecified atom stereocenters. The summed E-state index contributed by atoms with van der Waals surface area (Å²) >= 11 is -0.530. The predicted molar refractivity (Wildman–Crippen MR) is 85.5 cm³/mol. The van der Waals surface area contributed by atoms with Crippen LogP contribution in [0.3, 0.4) is 0 Å². The zero-order chi connectivity index (χ0) is 14.6. The number of hydrogen-bond donors (Lipinski definition) is 1. The van der Waals surface area contributed by atoms with E-state index in [2.05, 4.69) is 11.9 Å². The molecular weight excluding hydrogens is 355 g/mol. The van der Waals surface area contributed by atoms with Gasteiger partial charge < -0.3 is 0 Å². The SMILES string of the molecule is CN1CCCC[CH]1[InH][CH2]CCCCCCCOC(N)=O. The molecule has 0 aromatic rings. The van der Waals surface area contributed by atoms with Crippen LogP contribution in [-0.4, -0.2) is 57.9 Å². The van der Waals surface area contributed by atoms with Crippen LogP contribution in [-0.2, 0) is 4.74 Å². The molecule has 1 saturated heterocycles. The fourth-order valence-corrected chi connectivity index (χ4v) is 9.65. The Kier molecular flexibility index (Phi) is 10.6. The number of nitrogens with two attached hydrogens (primary N) is 1. The van der Waals surface area contributed by atoms with Crippen molar-refractivity contribution >= 4 is 29.0 Å². The van der Waals surface area contributed by atoms with E-state index in [1.807, 2.05) is 0 Å². The Bertz CT molecular complexity index is 264. The molecular formula is C15H31InN2O2. The van der Waals surface area contributed by atoms with E-state index in [4.69, 9.17) is 10.5 Å². The van der Waals surface area contributed by atoms with E-state index in [1.165, 1.54) is 51.5 Å². The van der Waals surface area contributed by atoms with E-state index in [0.717, 1.165) is 16.6 Å². The van der Waals surface area contributed by atoms with Crippen molar-refractivity contribution < 1.29 is 9.53 Å². The number of amides is 1. The average Bonchev–Trinajstić information content (AvgIpc) is 2.42. The Balaban J connectivity index is 1.81. The third kappa shape index (κ3) is 9.11. The Morgan fingerprint density at radius 3 is 2.60 bits per heavy atom. The van der Waals surface area contributed by atoms with Gasteiger partial charge in [0.25, 0.3) is 0 Å². The Morgan fingerprint density at radius 1 is 1.20 bits per heavy atom. The molecule has 5 heteroatoms. The van der Waals surface area contributed by atoms with Crippen LogP contribution in [0.1, 0.15) is 57.8 Å². The summed E-state index contributed by atoms with van der Waals surface area (Å²) in [5.74, 6) is 0. The van der Waals surface area contributed by atoms with Gasteiger partial charge in [0.1, 0.15) is 0 Å². The van der Waals surface area contributed by atoms with Crippen molar-refractivity contribution in [1.29, 1.82) is 0 Å². The molecule has 0 spiro atoms. The van der Waals surface area contributed by atoms with E-state index < -0.39 is 29.0 Å². The number of likely N-dealkylation sites (tertiary alicyclic amines) is 1. The van der Waals surface area contributed by atoms with Gasteiger partial charge in [0.05, 0.1) is 0 Å². The fourth-order valence-electron chi connectivity index (χ4n) is 3.05. The molecule has 4 nitrogen and oxygen atoms in total. The zero-order valence-electron chi connectivity index (χ0n) is 13.1. The molecule has 1 atom stereocenters. The van der Waals surface area contributed by atoms with E-state index >= 15 is 0 Å². The summed E-state index contributed by atoms with van der Waals surface area (Å²) in [6, 6.07) is 0. The van der Waals surface area contributed by atoms with Crippen LogP contribution in [0.25, 0.3) is 0 Å². The number of ether oxygens (including phenoxy) is 1. The number of carbonyl (C=O) groups excluding carboxylic acids is 1. The molecule has 0 aromatic carbocycles. The van der Waals surface area contributed by atoms with Gasteiger partial charge in [-0.05, 0) is 0 Å². The number of primary amides is 1. The molecule has 1 fully saturated rings. The fraction of sp³-hybridized carbons (Fsp3) is 0.933. The summed E-state index contributed by atoms with van der Waals surface area (Å²) in [7, 11) is 2.33. The van der Waals surface area contributed by atoms with Crippen molar-refractivity contribution in [2.45, 2.75) is 65.8 Å². The quantitative estimate of drug-likeness (QED) is 0.588. The second kappa shape index (κ2) is 11.7. The summed E-state index contributed by atoms with van der Waals surface area (Å²) in [6.07, 6.45) is 11.3. The number of rotatable bonds is 10. The molecule has 1 aliphatic rings. The van der Waals surface area contributed by atoms with Gasteiger partial charge >= 0.3 is 135 Å². The first kappa shape index (κ1) is 18.1. The van der Waals surface area contributed by atoms with Crippen LogP contribution >= 0.6 is 0 Å². The first-order chi connectivity index (χ1) is 9.70. The number of hydrogen-bond acceptors (Lipinski definition) is 3. The van der Waals surface area contributed by atoms with Gasteiger partial charge in [-0.1, -0.05) is 0 Å². The molecule has 116 valence electrons. The number of unbranched alkanes of at least 4 members (excludes halogenated alkanes) is 5. The Morgan fingerprint density at radius 2 is 1.90 bits per heavy atom. The predicted octanol–water partition coefficient (Wildman–Crippen LogP) is 2.72. The van der Waals surface area contributed by atoms with E-state index in [0.29, 0.717) is 6.61 Å². The molecule has 0 saturated carbocycles. The van der Waals surface area contributed by atoms with Crippen LogP contribution in [0.15, 0.2) is 0 Å². The molecule has 0 aliphatic carbocycles. The summed E-state index contributed by atoms with van der Waals surface area (Å²) in [5.41, 5.74) is 4.90. The van der Waals surface area contributed by atoms with Gasteiger partial charge in [0, 0.05) is 0 Å². The maximum atomic E-state index is 10.4. The monoisotopic (exact) mass is 386 g/mol. The second-order valence-electron chi connectivity index (χ2n) is 6.06. The summed E-state index contributed by atoms with van der Waals surface area (Å²) in [5, 5.41) is 0. The molecule has 0 radical (unpaired) electrons. The van der Waals surface area contributed by atoms with E-state index in [9.17, 15) is 4.79 Å². The normalized spacial score (nSPS) is 19.8. The Labute approximate surface area is 135 Å². The minimum atomic E-state index is -0.648. The molecule has 0 aromatic heterocycles. The van der Waals surface area contributed by atoms with Crippen LogP contribution in [0.4, 0.5) is 4.79 Å². The standard InChI is InChI=1S/C9H18NO2.C6H12N.In.H/c1-2-3-4-5-6-7-8-12-9(10)11;1-7-5-3-2-4-6-7;;/h1-8H2,(H2,10,11);5H,2-4,6H2,1H3;;. The van der Waals surface area contributed by atoms with Crippen LogP contribution in [0.2, 0.25) is 4.18 Å². The molecule has 20 heavy (non-hydrogen) atoms. The van der Waals surface area contributed by atoms with Crippen molar-refractivity contribution in [2.24, 2.45) is 5.73 Å². The van der Waals surface area contributed by atoms with Crippen molar-refractivity contribution in [3.05, 3.63) is 0 Å². The molecule has 2 N–H and O–H groups in total. The molecule has 0 bridgehead atoms. The minimum absolute atomic E-state index is 0.486. The first-order valence-corrected chi connectivity index (χ1v) is 13.5. The topological polar surface area (TPSA) is 55.6 Å². The van der Waals surface area contributed by atoms with Gasteiger partial charge in [0.2, 0.25) is 0 Å². The van der Waals surface area contributed by atoms with Gasteiger partial charge in [0.15, 0.2) is 0 Å². The van der Waals surface area contributed by atoms with Crippen molar-refractivity contribution in [3.8, 4) is 0 Å². The average molecular weight is 386 g/mol. The number of piperidine rings is 1. The van der Waals surface area contributed by atoms with Gasteiger partial charge in [-0.15, -0.1) is 0 Å². The van der Waals surface area contributed by atoms with E-state index in [-0.39, 0.29) is 0 Å². The van der Waals surface area contributed by atoms with Crippen molar-refractivity contribution in [1.82, 2.24) is 4.90 Å². The summed E-state index contributed by atoms with van der Waals surface area (Å²) in [6.45, 7) is 1.83. The third-order valence-corrected chi connectivity index (χ3v) is 11.8. The molecule has 1 aliphatic heterocycles. The van der Waals surface area contributed by atoms with Crippen molar-refractivity contribution in [2.75, 3.05) is 20.2 Å². The number of nitrogens with zero attached hydrogens (tertiary/aromatic N) is 1. The zero-order valence-corrected chi connectivity index (χ0v) is 17.1. The first-order valence-electron chi connectivity index (χ1n) is 8.32. The number of carbonyl (C=O) groups is 1. The third-order valence-electron chi connectivity index (χ3n) is 4.35. The molecule has 1 rings (SSSR count).